The third kappa shape index (κ3) is 1.68. The van der Waals surface area contributed by atoms with Crippen LogP contribution in [-0.4, -0.2) is 0 Å². The molecule has 1 aliphatic carbocycles. The summed E-state index contributed by atoms with van der Waals surface area (Å²) in [7, 11) is 0. The summed E-state index contributed by atoms with van der Waals surface area (Å²) in [5.74, 6) is 0. The average Bonchev–Trinajstić information content (AvgIpc) is 2.23. The Labute approximate surface area is 90.2 Å². The molecular formula is C15H14. The van der Waals surface area contributed by atoms with Gasteiger partial charge >= 0.3 is 0 Å². The summed E-state index contributed by atoms with van der Waals surface area (Å²) in [5.41, 5.74) is 2.95. The third-order valence-corrected chi connectivity index (χ3v) is 3.14. The van der Waals surface area contributed by atoms with Crippen LogP contribution in [0.1, 0.15) is 24.8 Å². The zero-order chi connectivity index (χ0) is 10.1. The molecule has 0 spiro atoms. The molecule has 15 heavy (non-hydrogen) atoms. The zero-order valence-corrected chi connectivity index (χ0v) is 8.74. The molecule has 0 unspecified atom stereocenters. The van der Waals surface area contributed by atoms with Crippen molar-refractivity contribution in [3.8, 4) is 0 Å². The first-order valence-corrected chi connectivity index (χ1v) is 5.60. The lowest BCUT2D eigenvalue weighted by atomic mass is 9.90. The lowest BCUT2D eigenvalue weighted by Crippen LogP contribution is -1.95. The van der Waals surface area contributed by atoms with Gasteiger partial charge in [0.1, 0.15) is 0 Å². The minimum absolute atomic E-state index is 1.30. The number of allylic oxidation sites excluding steroid dienone is 1. The van der Waals surface area contributed by atoms with Crippen molar-refractivity contribution < 1.29 is 0 Å². The Balaban J connectivity index is 2.05. The molecule has 0 N–H and O–H groups in total. The maximum atomic E-state index is 2.34. The summed E-state index contributed by atoms with van der Waals surface area (Å²) < 4.78 is 0. The third-order valence-electron chi connectivity index (χ3n) is 3.14. The molecule has 2 aromatic rings. The van der Waals surface area contributed by atoms with Crippen LogP contribution < -0.4 is 0 Å². The first kappa shape index (κ1) is 8.72. The molecule has 0 nitrogen and oxygen atoms in total. The van der Waals surface area contributed by atoms with Gasteiger partial charge in [0.15, 0.2) is 0 Å². The van der Waals surface area contributed by atoms with Crippen molar-refractivity contribution in [2.45, 2.75) is 19.3 Å². The van der Waals surface area contributed by atoms with Crippen molar-refractivity contribution in [2.75, 3.05) is 0 Å². The minimum Gasteiger partial charge on any atom is -0.0696 e. The molecule has 0 atom stereocenters. The van der Waals surface area contributed by atoms with Crippen molar-refractivity contribution in [3.05, 3.63) is 53.6 Å². The van der Waals surface area contributed by atoms with E-state index in [9.17, 15) is 0 Å². The predicted molar refractivity (Wildman–Crippen MR) is 65.8 cm³/mol. The molecule has 0 radical (unpaired) electrons. The van der Waals surface area contributed by atoms with Crippen molar-refractivity contribution in [1.82, 2.24) is 0 Å². The zero-order valence-electron chi connectivity index (χ0n) is 8.74. The largest absolute Gasteiger partial charge is 0.0696 e. The van der Waals surface area contributed by atoms with Crippen LogP contribution >= 0.6 is 0 Å². The molecule has 2 aromatic carbocycles. The van der Waals surface area contributed by atoms with E-state index in [1.54, 1.807) is 5.57 Å². The number of benzene rings is 2. The Kier molecular flexibility index (Phi) is 2.06. The van der Waals surface area contributed by atoms with Gasteiger partial charge in [0.05, 0.1) is 0 Å². The summed E-state index contributed by atoms with van der Waals surface area (Å²) >= 11 is 0. The van der Waals surface area contributed by atoms with Crippen molar-refractivity contribution in [3.63, 3.8) is 0 Å². The summed E-state index contributed by atoms with van der Waals surface area (Å²) in [6, 6.07) is 15.2. The van der Waals surface area contributed by atoms with E-state index in [0.717, 1.165) is 0 Å². The quantitative estimate of drug-likeness (QED) is 0.631. The maximum Gasteiger partial charge on any atom is -0.0178 e. The highest BCUT2D eigenvalue weighted by Crippen LogP contribution is 2.28. The highest BCUT2D eigenvalue weighted by Gasteiger charge is 2.07. The Morgan fingerprint density at radius 2 is 1.67 bits per heavy atom. The molecule has 74 valence electrons. The van der Waals surface area contributed by atoms with Gasteiger partial charge < -0.3 is 0 Å². The van der Waals surface area contributed by atoms with Crippen LogP contribution in [0.4, 0.5) is 0 Å². The molecule has 1 fully saturated rings. The van der Waals surface area contributed by atoms with E-state index in [0.29, 0.717) is 0 Å². The molecule has 0 heterocycles. The van der Waals surface area contributed by atoms with E-state index in [4.69, 9.17) is 0 Å². The van der Waals surface area contributed by atoms with E-state index in [1.165, 1.54) is 35.6 Å². The van der Waals surface area contributed by atoms with E-state index >= 15 is 0 Å². The highest BCUT2D eigenvalue weighted by molar-refractivity contribution is 5.84. The Morgan fingerprint density at radius 3 is 2.40 bits per heavy atom. The van der Waals surface area contributed by atoms with Gasteiger partial charge in [0.2, 0.25) is 0 Å². The Bertz CT molecular complexity index is 514. The second-order valence-corrected chi connectivity index (χ2v) is 4.26. The van der Waals surface area contributed by atoms with Crippen LogP contribution in [0.5, 0.6) is 0 Å². The molecule has 1 aliphatic rings. The van der Waals surface area contributed by atoms with Crippen LogP contribution in [0, 0.1) is 0 Å². The molecule has 0 heteroatoms. The SMILES string of the molecule is C(=C1CCC1)c1ccc2ccccc2c1. The summed E-state index contributed by atoms with van der Waals surface area (Å²) in [4.78, 5) is 0. The Morgan fingerprint density at radius 1 is 0.867 bits per heavy atom. The first-order valence-electron chi connectivity index (χ1n) is 5.60. The van der Waals surface area contributed by atoms with Crippen LogP contribution in [0.25, 0.3) is 16.8 Å². The maximum absolute atomic E-state index is 2.34. The standard InChI is InChI=1S/C15H14/c1-2-7-15-11-13(8-9-14(15)6-1)10-12-4-3-5-12/h1-2,6-11H,3-5H2. The fourth-order valence-electron chi connectivity index (χ4n) is 2.06. The normalized spacial score (nSPS) is 15.1. The topological polar surface area (TPSA) is 0 Å². The first-order chi connectivity index (χ1) is 7.42. The fourth-order valence-corrected chi connectivity index (χ4v) is 2.06. The lowest BCUT2D eigenvalue weighted by molar-refractivity contribution is 0.670. The fraction of sp³-hybridized carbons (Fsp3) is 0.200. The van der Waals surface area contributed by atoms with Crippen LogP contribution in [0.15, 0.2) is 48.0 Å². The van der Waals surface area contributed by atoms with E-state index < -0.39 is 0 Å². The van der Waals surface area contributed by atoms with Crippen LogP contribution in [0.2, 0.25) is 0 Å². The van der Waals surface area contributed by atoms with E-state index in [2.05, 4.69) is 48.5 Å². The van der Waals surface area contributed by atoms with Gasteiger partial charge in [0.25, 0.3) is 0 Å². The predicted octanol–water partition coefficient (Wildman–Crippen LogP) is 4.41. The summed E-state index contributed by atoms with van der Waals surface area (Å²) in [5, 5.41) is 2.67. The van der Waals surface area contributed by atoms with Gasteiger partial charge in [-0.1, -0.05) is 48.0 Å². The second kappa shape index (κ2) is 3.54. The van der Waals surface area contributed by atoms with Gasteiger partial charge in [-0.2, -0.15) is 0 Å². The number of rotatable bonds is 1. The van der Waals surface area contributed by atoms with Gasteiger partial charge in [-0.05, 0) is 41.7 Å². The van der Waals surface area contributed by atoms with E-state index in [1.807, 2.05) is 0 Å². The van der Waals surface area contributed by atoms with Gasteiger partial charge in [-0.3, -0.25) is 0 Å². The number of hydrogen-bond acceptors (Lipinski definition) is 0. The van der Waals surface area contributed by atoms with Crippen molar-refractivity contribution in [2.24, 2.45) is 0 Å². The molecule has 0 aromatic heterocycles. The average molecular weight is 194 g/mol. The molecule has 1 saturated carbocycles. The lowest BCUT2D eigenvalue weighted by Gasteiger charge is -2.15. The highest BCUT2D eigenvalue weighted by atomic mass is 14.1. The molecule has 0 saturated heterocycles. The molecule has 0 bridgehead atoms. The van der Waals surface area contributed by atoms with Gasteiger partial charge in [-0.15, -0.1) is 0 Å². The molecular weight excluding hydrogens is 180 g/mol. The summed E-state index contributed by atoms with van der Waals surface area (Å²) in [6.07, 6.45) is 6.31. The number of hydrogen-bond donors (Lipinski definition) is 0. The number of fused-ring (bicyclic) bond motifs is 1. The van der Waals surface area contributed by atoms with Crippen molar-refractivity contribution >= 4 is 16.8 Å². The monoisotopic (exact) mass is 194 g/mol. The minimum atomic E-state index is 1.30. The molecule has 0 amide bonds. The summed E-state index contributed by atoms with van der Waals surface area (Å²) in [6.45, 7) is 0. The van der Waals surface area contributed by atoms with Crippen LogP contribution in [0.3, 0.4) is 0 Å². The second-order valence-electron chi connectivity index (χ2n) is 4.26. The van der Waals surface area contributed by atoms with Gasteiger partial charge in [-0.25, -0.2) is 0 Å². The van der Waals surface area contributed by atoms with Crippen LogP contribution in [-0.2, 0) is 0 Å². The Hall–Kier alpha value is -1.56. The smallest absolute Gasteiger partial charge is 0.0178 e. The van der Waals surface area contributed by atoms with E-state index in [-0.39, 0.29) is 0 Å². The van der Waals surface area contributed by atoms with Crippen molar-refractivity contribution in [1.29, 1.82) is 0 Å². The molecule has 0 aliphatic heterocycles. The van der Waals surface area contributed by atoms with Gasteiger partial charge in [0, 0.05) is 0 Å². The molecule has 3 rings (SSSR count).